The first-order valence-corrected chi connectivity index (χ1v) is 4.07. The van der Waals surface area contributed by atoms with Gasteiger partial charge >= 0.3 is 0 Å². The van der Waals surface area contributed by atoms with Gasteiger partial charge in [-0.2, -0.15) is 0 Å². The van der Waals surface area contributed by atoms with Gasteiger partial charge in [0.15, 0.2) is 0 Å². The quantitative estimate of drug-likeness (QED) is 0.624. The lowest BCUT2D eigenvalue weighted by Gasteiger charge is -2.18. The lowest BCUT2D eigenvalue weighted by Crippen LogP contribution is -2.27. The van der Waals surface area contributed by atoms with E-state index >= 15 is 0 Å². The summed E-state index contributed by atoms with van der Waals surface area (Å²) in [5.41, 5.74) is 0. The summed E-state index contributed by atoms with van der Waals surface area (Å²) in [5, 5.41) is 0. The number of carbonyl (C=O) groups excluding carboxylic acids is 1. The Morgan fingerprint density at radius 3 is 1.91 bits per heavy atom. The molecule has 0 rings (SSSR count). The third-order valence-electron chi connectivity index (χ3n) is 2.09. The molecule has 0 saturated carbocycles. The van der Waals surface area contributed by atoms with Crippen LogP contribution in [0, 0.1) is 11.8 Å². The molecule has 0 aliphatic rings. The number of ketones is 1. The van der Waals surface area contributed by atoms with E-state index < -0.39 is 0 Å². The van der Waals surface area contributed by atoms with E-state index in [1.165, 1.54) is 0 Å². The maximum atomic E-state index is 11.4. The highest BCUT2D eigenvalue weighted by molar-refractivity contribution is 5.82. The summed E-state index contributed by atoms with van der Waals surface area (Å²) in [6.07, 6.45) is 0.0323. The van der Waals surface area contributed by atoms with E-state index in [4.69, 9.17) is 4.74 Å². The average Bonchev–Trinajstić information content (AvgIpc) is 2.00. The van der Waals surface area contributed by atoms with Crippen LogP contribution in [-0.4, -0.2) is 19.0 Å². The zero-order chi connectivity index (χ0) is 9.02. The highest BCUT2D eigenvalue weighted by Crippen LogP contribution is 2.12. The van der Waals surface area contributed by atoms with E-state index in [0.717, 1.165) is 0 Å². The molecular weight excluding hydrogens is 140 g/mol. The second kappa shape index (κ2) is 4.50. The van der Waals surface area contributed by atoms with Gasteiger partial charge in [-0.25, -0.2) is 0 Å². The summed E-state index contributed by atoms with van der Waals surface area (Å²) in [6.45, 7) is 7.67. The molecule has 0 heterocycles. The molecule has 2 unspecified atom stereocenters. The van der Waals surface area contributed by atoms with Crippen molar-refractivity contribution in [2.75, 3.05) is 7.11 Å². The Bertz CT molecular complexity index is 130. The second-order valence-electron chi connectivity index (χ2n) is 3.29. The number of ether oxygens (including phenoxy) is 1. The Balaban J connectivity index is 4.02. The molecule has 0 radical (unpaired) electrons. The zero-order valence-electron chi connectivity index (χ0n) is 8.05. The highest BCUT2D eigenvalue weighted by atomic mass is 16.5. The van der Waals surface area contributed by atoms with Gasteiger partial charge in [0.2, 0.25) is 0 Å². The van der Waals surface area contributed by atoms with E-state index in [1.54, 1.807) is 7.11 Å². The Morgan fingerprint density at radius 2 is 1.64 bits per heavy atom. The normalized spacial score (nSPS) is 16.5. The third kappa shape index (κ3) is 3.02. The maximum Gasteiger partial charge on any atom is 0.140 e. The summed E-state index contributed by atoms with van der Waals surface area (Å²) in [7, 11) is 1.63. The number of Topliss-reactive ketones (excluding diaryl/α,β-unsaturated/α-hetero) is 1. The van der Waals surface area contributed by atoms with Crippen molar-refractivity contribution in [3.8, 4) is 0 Å². The molecule has 2 heteroatoms. The van der Waals surface area contributed by atoms with Crippen LogP contribution in [0.2, 0.25) is 0 Å². The van der Waals surface area contributed by atoms with E-state index in [-0.39, 0.29) is 23.7 Å². The number of methoxy groups -OCH3 is 1. The molecule has 0 aliphatic heterocycles. The Kier molecular flexibility index (Phi) is 4.34. The van der Waals surface area contributed by atoms with Crippen molar-refractivity contribution in [3.05, 3.63) is 0 Å². The first kappa shape index (κ1) is 10.6. The fourth-order valence-corrected chi connectivity index (χ4v) is 0.961. The molecular formula is C9H18O2. The standard InChI is InChI=1S/C9H18O2/c1-6(2)9(10)7(3)8(4)11-5/h6-8H,1-5H3. The van der Waals surface area contributed by atoms with Crippen molar-refractivity contribution in [3.63, 3.8) is 0 Å². The molecule has 0 fully saturated rings. The number of carbonyl (C=O) groups is 1. The van der Waals surface area contributed by atoms with Gasteiger partial charge in [0.1, 0.15) is 5.78 Å². The average molecular weight is 158 g/mol. The van der Waals surface area contributed by atoms with Crippen LogP contribution in [0.1, 0.15) is 27.7 Å². The SMILES string of the molecule is COC(C)C(C)C(=O)C(C)C. The third-order valence-corrected chi connectivity index (χ3v) is 2.09. The minimum Gasteiger partial charge on any atom is -0.381 e. The maximum absolute atomic E-state index is 11.4. The van der Waals surface area contributed by atoms with E-state index in [0.29, 0.717) is 0 Å². The van der Waals surface area contributed by atoms with Crippen LogP contribution < -0.4 is 0 Å². The Morgan fingerprint density at radius 1 is 1.18 bits per heavy atom. The predicted molar refractivity (Wildman–Crippen MR) is 45.5 cm³/mol. The fourth-order valence-electron chi connectivity index (χ4n) is 0.961. The summed E-state index contributed by atoms with van der Waals surface area (Å²) in [6, 6.07) is 0. The van der Waals surface area contributed by atoms with Gasteiger partial charge in [0.05, 0.1) is 6.10 Å². The van der Waals surface area contributed by atoms with Crippen molar-refractivity contribution in [2.45, 2.75) is 33.8 Å². The number of hydrogen-bond acceptors (Lipinski definition) is 2. The van der Waals surface area contributed by atoms with Gasteiger partial charge in [-0.1, -0.05) is 20.8 Å². The zero-order valence-corrected chi connectivity index (χ0v) is 8.05. The van der Waals surface area contributed by atoms with Crippen LogP contribution in [0.25, 0.3) is 0 Å². The fraction of sp³-hybridized carbons (Fsp3) is 0.889. The molecule has 2 atom stereocenters. The molecule has 0 spiro atoms. The largest absolute Gasteiger partial charge is 0.381 e. The molecule has 0 aromatic carbocycles. The predicted octanol–water partition coefficient (Wildman–Crippen LogP) is 1.88. The van der Waals surface area contributed by atoms with Crippen molar-refractivity contribution in [1.29, 1.82) is 0 Å². The van der Waals surface area contributed by atoms with Crippen molar-refractivity contribution >= 4 is 5.78 Å². The van der Waals surface area contributed by atoms with Gasteiger partial charge in [-0.15, -0.1) is 0 Å². The summed E-state index contributed by atoms with van der Waals surface area (Å²) in [4.78, 5) is 11.4. The van der Waals surface area contributed by atoms with E-state index in [9.17, 15) is 4.79 Å². The highest BCUT2D eigenvalue weighted by Gasteiger charge is 2.21. The first-order chi connectivity index (χ1) is 5.00. The van der Waals surface area contributed by atoms with E-state index in [2.05, 4.69) is 0 Å². The van der Waals surface area contributed by atoms with Crippen LogP contribution in [-0.2, 0) is 9.53 Å². The summed E-state index contributed by atoms with van der Waals surface area (Å²) >= 11 is 0. The summed E-state index contributed by atoms with van der Waals surface area (Å²) in [5.74, 6) is 0.405. The molecule has 0 aromatic rings. The Labute approximate surface area is 68.9 Å². The Hall–Kier alpha value is -0.370. The summed E-state index contributed by atoms with van der Waals surface area (Å²) < 4.78 is 5.06. The lowest BCUT2D eigenvalue weighted by molar-refractivity contribution is -0.129. The smallest absolute Gasteiger partial charge is 0.140 e. The van der Waals surface area contributed by atoms with Crippen molar-refractivity contribution in [1.82, 2.24) is 0 Å². The monoisotopic (exact) mass is 158 g/mol. The molecule has 66 valence electrons. The van der Waals surface area contributed by atoms with Crippen LogP contribution in [0.15, 0.2) is 0 Å². The molecule has 0 N–H and O–H groups in total. The number of hydrogen-bond donors (Lipinski definition) is 0. The molecule has 11 heavy (non-hydrogen) atoms. The lowest BCUT2D eigenvalue weighted by atomic mass is 9.93. The van der Waals surface area contributed by atoms with Gasteiger partial charge in [0, 0.05) is 18.9 Å². The van der Waals surface area contributed by atoms with Gasteiger partial charge in [-0.3, -0.25) is 4.79 Å². The molecule has 2 nitrogen and oxygen atoms in total. The molecule has 0 amide bonds. The van der Waals surface area contributed by atoms with Crippen molar-refractivity contribution < 1.29 is 9.53 Å². The molecule has 0 bridgehead atoms. The minimum absolute atomic E-state index is 0.0139. The molecule has 0 aliphatic carbocycles. The first-order valence-electron chi connectivity index (χ1n) is 4.07. The second-order valence-corrected chi connectivity index (χ2v) is 3.29. The van der Waals surface area contributed by atoms with Crippen LogP contribution >= 0.6 is 0 Å². The molecule has 0 saturated heterocycles. The van der Waals surface area contributed by atoms with Crippen LogP contribution in [0.5, 0.6) is 0 Å². The van der Waals surface area contributed by atoms with Gasteiger partial charge in [0.25, 0.3) is 0 Å². The van der Waals surface area contributed by atoms with Crippen LogP contribution in [0.3, 0.4) is 0 Å². The molecule has 0 aromatic heterocycles. The topological polar surface area (TPSA) is 26.3 Å². The van der Waals surface area contributed by atoms with Gasteiger partial charge in [-0.05, 0) is 6.92 Å². The number of rotatable bonds is 4. The minimum atomic E-state index is 0.0139. The van der Waals surface area contributed by atoms with E-state index in [1.807, 2.05) is 27.7 Å². The van der Waals surface area contributed by atoms with Crippen molar-refractivity contribution in [2.24, 2.45) is 11.8 Å². The van der Waals surface area contributed by atoms with Gasteiger partial charge < -0.3 is 4.74 Å². The van der Waals surface area contributed by atoms with Crippen LogP contribution in [0.4, 0.5) is 0 Å².